The van der Waals surface area contributed by atoms with Crippen LogP contribution in [0.4, 0.5) is 0 Å². The van der Waals surface area contributed by atoms with Gasteiger partial charge in [0.05, 0.1) is 24.4 Å². The molecule has 0 spiro atoms. The van der Waals surface area contributed by atoms with Crippen molar-refractivity contribution in [1.82, 2.24) is 14.0 Å². The van der Waals surface area contributed by atoms with E-state index in [2.05, 4.69) is 21.7 Å². The summed E-state index contributed by atoms with van der Waals surface area (Å²) >= 11 is 0. The second kappa shape index (κ2) is 4.75. The minimum Gasteiger partial charge on any atom is -0.392 e. The molecule has 4 rings (SSSR count). The zero-order valence-electron chi connectivity index (χ0n) is 11.5. The average Bonchev–Trinajstić information content (AvgIpc) is 3.11. The molecule has 0 amide bonds. The number of aliphatic hydroxyl groups is 1. The van der Waals surface area contributed by atoms with Gasteiger partial charge in [-0.1, -0.05) is 24.3 Å². The highest BCUT2D eigenvalue weighted by Gasteiger charge is 2.08. The maximum absolute atomic E-state index is 9.53. The van der Waals surface area contributed by atoms with Crippen molar-refractivity contribution in [1.29, 1.82) is 0 Å². The van der Waals surface area contributed by atoms with Gasteiger partial charge in [0.1, 0.15) is 5.65 Å². The van der Waals surface area contributed by atoms with Crippen molar-refractivity contribution >= 4 is 16.6 Å². The molecule has 0 bridgehead atoms. The van der Waals surface area contributed by atoms with Gasteiger partial charge in [-0.2, -0.15) is 0 Å². The van der Waals surface area contributed by atoms with Crippen LogP contribution in [0.2, 0.25) is 0 Å². The topological polar surface area (TPSA) is 42.5 Å². The van der Waals surface area contributed by atoms with Crippen LogP contribution in [-0.2, 0) is 13.2 Å². The Morgan fingerprint density at radius 1 is 1.00 bits per heavy atom. The van der Waals surface area contributed by atoms with E-state index in [1.807, 2.05) is 53.3 Å². The maximum Gasteiger partial charge on any atom is 0.137 e. The second-order valence-electron chi connectivity index (χ2n) is 5.16. The molecule has 1 aromatic carbocycles. The van der Waals surface area contributed by atoms with Crippen molar-refractivity contribution in [3.63, 3.8) is 0 Å². The van der Waals surface area contributed by atoms with Gasteiger partial charge < -0.3 is 14.1 Å². The van der Waals surface area contributed by atoms with Gasteiger partial charge in [0.2, 0.25) is 0 Å². The number of aliphatic hydroxyl groups excluding tert-OH is 1. The lowest BCUT2D eigenvalue weighted by molar-refractivity contribution is 0.283. The van der Waals surface area contributed by atoms with E-state index in [0.29, 0.717) is 6.54 Å². The van der Waals surface area contributed by atoms with Gasteiger partial charge in [-0.25, -0.2) is 4.98 Å². The van der Waals surface area contributed by atoms with Gasteiger partial charge >= 0.3 is 0 Å². The van der Waals surface area contributed by atoms with Crippen molar-refractivity contribution in [3.8, 4) is 0 Å². The molecule has 0 radical (unpaired) electrons. The minimum absolute atomic E-state index is 0.0481. The molecule has 0 atom stereocenters. The number of nitrogens with zero attached hydrogens (tertiary/aromatic N) is 3. The molecule has 3 heterocycles. The molecule has 0 fully saturated rings. The summed E-state index contributed by atoms with van der Waals surface area (Å²) in [5, 5.41) is 10.7. The van der Waals surface area contributed by atoms with E-state index in [9.17, 15) is 5.11 Å². The summed E-state index contributed by atoms with van der Waals surface area (Å²) < 4.78 is 4.16. The van der Waals surface area contributed by atoms with Crippen LogP contribution in [0.3, 0.4) is 0 Å². The first-order chi connectivity index (χ1) is 10.3. The van der Waals surface area contributed by atoms with Crippen molar-refractivity contribution in [2.45, 2.75) is 13.2 Å². The molecule has 0 aliphatic carbocycles. The highest BCUT2D eigenvalue weighted by atomic mass is 16.3. The van der Waals surface area contributed by atoms with Crippen LogP contribution in [0.5, 0.6) is 0 Å². The SMILES string of the molecule is OCc1cccc2ccn(Cc3cn4ccccc4n3)c12. The van der Waals surface area contributed by atoms with Gasteiger partial charge in [-0.05, 0) is 23.6 Å². The number of benzene rings is 1. The molecule has 0 aliphatic rings. The normalized spacial score (nSPS) is 11.5. The Labute approximate surface area is 121 Å². The van der Waals surface area contributed by atoms with Gasteiger partial charge in [-0.15, -0.1) is 0 Å². The molecular formula is C17H15N3O. The molecule has 1 N–H and O–H groups in total. The van der Waals surface area contributed by atoms with Crippen molar-refractivity contribution in [2.75, 3.05) is 0 Å². The fraction of sp³-hybridized carbons (Fsp3) is 0.118. The number of pyridine rings is 1. The fourth-order valence-electron chi connectivity index (χ4n) is 2.84. The van der Waals surface area contributed by atoms with Gasteiger partial charge in [0.15, 0.2) is 0 Å². The molecule has 4 nitrogen and oxygen atoms in total. The average molecular weight is 277 g/mol. The summed E-state index contributed by atoms with van der Waals surface area (Å²) in [5.74, 6) is 0. The Morgan fingerprint density at radius 2 is 1.95 bits per heavy atom. The Balaban J connectivity index is 1.80. The third-order valence-electron chi connectivity index (χ3n) is 3.79. The molecule has 0 unspecified atom stereocenters. The van der Waals surface area contributed by atoms with Crippen LogP contribution in [0.1, 0.15) is 11.3 Å². The molecular weight excluding hydrogens is 262 g/mol. The summed E-state index contributed by atoms with van der Waals surface area (Å²) in [4.78, 5) is 4.63. The maximum atomic E-state index is 9.53. The summed E-state index contributed by atoms with van der Waals surface area (Å²) in [6, 6.07) is 14.1. The third kappa shape index (κ3) is 2.00. The van der Waals surface area contributed by atoms with Gasteiger partial charge in [-0.3, -0.25) is 0 Å². The fourth-order valence-corrected chi connectivity index (χ4v) is 2.84. The van der Waals surface area contributed by atoms with Crippen LogP contribution in [0, 0.1) is 0 Å². The Morgan fingerprint density at radius 3 is 2.81 bits per heavy atom. The van der Waals surface area contributed by atoms with Crippen LogP contribution < -0.4 is 0 Å². The molecule has 4 aromatic rings. The molecule has 104 valence electrons. The lowest BCUT2D eigenvalue weighted by atomic mass is 10.1. The largest absolute Gasteiger partial charge is 0.392 e. The minimum atomic E-state index is 0.0481. The van der Waals surface area contributed by atoms with E-state index in [1.165, 1.54) is 0 Å². The number of rotatable bonds is 3. The van der Waals surface area contributed by atoms with Gasteiger partial charge in [0.25, 0.3) is 0 Å². The number of para-hydroxylation sites is 1. The van der Waals surface area contributed by atoms with Crippen molar-refractivity contribution in [2.24, 2.45) is 0 Å². The molecule has 0 saturated heterocycles. The summed E-state index contributed by atoms with van der Waals surface area (Å²) in [6.07, 6.45) is 6.09. The van der Waals surface area contributed by atoms with E-state index < -0.39 is 0 Å². The smallest absolute Gasteiger partial charge is 0.137 e. The third-order valence-corrected chi connectivity index (χ3v) is 3.79. The quantitative estimate of drug-likeness (QED) is 0.625. The first-order valence-corrected chi connectivity index (χ1v) is 6.95. The molecule has 4 heteroatoms. The summed E-state index contributed by atoms with van der Waals surface area (Å²) in [6.45, 7) is 0.745. The van der Waals surface area contributed by atoms with Crippen LogP contribution in [-0.4, -0.2) is 19.1 Å². The molecule has 3 aromatic heterocycles. The number of fused-ring (bicyclic) bond motifs is 2. The zero-order valence-corrected chi connectivity index (χ0v) is 11.5. The summed E-state index contributed by atoms with van der Waals surface area (Å²) in [7, 11) is 0. The Bertz CT molecular complexity index is 887. The highest BCUT2D eigenvalue weighted by Crippen LogP contribution is 2.21. The van der Waals surface area contributed by atoms with Crippen LogP contribution in [0.25, 0.3) is 16.6 Å². The second-order valence-corrected chi connectivity index (χ2v) is 5.16. The Hall–Kier alpha value is -2.59. The Kier molecular flexibility index (Phi) is 2.75. The number of imidazole rings is 1. The van der Waals surface area contributed by atoms with Crippen molar-refractivity contribution < 1.29 is 5.11 Å². The lowest BCUT2D eigenvalue weighted by Gasteiger charge is -2.06. The standard InChI is InChI=1S/C17H15N3O/c21-12-14-5-3-4-13-7-9-20(17(13)14)11-15-10-19-8-2-1-6-16(19)18-15/h1-10,21H,11-12H2. The number of hydrogen-bond acceptors (Lipinski definition) is 2. The van der Waals surface area contributed by atoms with E-state index in [0.717, 1.165) is 27.8 Å². The van der Waals surface area contributed by atoms with Crippen LogP contribution in [0.15, 0.2) is 61.1 Å². The monoisotopic (exact) mass is 277 g/mol. The van der Waals surface area contributed by atoms with Gasteiger partial charge in [0, 0.05) is 24.2 Å². The molecule has 21 heavy (non-hydrogen) atoms. The predicted octanol–water partition coefficient (Wildman–Crippen LogP) is 2.83. The van der Waals surface area contributed by atoms with E-state index in [-0.39, 0.29) is 6.61 Å². The zero-order chi connectivity index (χ0) is 14.2. The number of hydrogen-bond donors (Lipinski definition) is 1. The first-order valence-electron chi connectivity index (χ1n) is 6.95. The lowest BCUT2D eigenvalue weighted by Crippen LogP contribution is -2.00. The first kappa shape index (κ1) is 12.2. The van der Waals surface area contributed by atoms with Crippen molar-refractivity contribution in [3.05, 3.63) is 72.3 Å². The van der Waals surface area contributed by atoms with Crippen LogP contribution >= 0.6 is 0 Å². The van der Waals surface area contributed by atoms with E-state index >= 15 is 0 Å². The van der Waals surface area contributed by atoms with E-state index in [1.54, 1.807) is 0 Å². The molecule has 0 aliphatic heterocycles. The number of aromatic nitrogens is 3. The predicted molar refractivity (Wildman–Crippen MR) is 82.2 cm³/mol. The highest BCUT2D eigenvalue weighted by molar-refractivity contribution is 5.83. The summed E-state index contributed by atoms with van der Waals surface area (Å²) in [5.41, 5.74) is 3.98. The van der Waals surface area contributed by atoms with E-state index in [4.69, 9.17) is 0 Å². The molecule has 0 saturated carbocycles.